The Balaban J connectivity index is 1.92. The summed E-state index contributed by atoms with van der Waals surface area (Å²) in [5, 5.41) is 19.6. The van der Waals surface area contributed by atoms with Gasteiger partial charge in [0.1, 0.15) is 0 Å². The second kappa shape index (κ2) is 5.62. The molecule has 1 aromatic carbocycles. The van der Waals surface area contributed by atoms with Crippen molar-refractivity contribution in [2.75, 3.05) is 5.73 Å². The van der Waals surface area contributed by atoms with Crippen molar-refractivity contribution in [3.8, 4) is 5.69 Å². The first-order valence-corrected chi connectivity index (χ1v) is 7.88. The normalized spacial score (nSPS) is 12.0. The minimum atomic E-state index is -3.72. The Morgan fingerprint density at radius 2 is 1.91 bits per heavy atom. The standard InChI is InChI=1S/C12H12N8O2S/c13-12-16-17-18-20(12)15-8-10-2-1-7-19(10)9-3-5-11(6-4-9)23(14,21)22/h1-8H,(H2,13,16,18)(H2,14,21,22). The highest BCUT2D eigenvalue weighted by Crippen LogP contribution is 2.15. The molecule has 3 aromatic rings. The van der Waals surface area contributed by atoms with Crippen LogP contribution in [-0.4, -0.2) is 39.5 Å². The number of rotatable bonds is 4. The summed E-state index contributed by atoms with van der Waals surface area (Å²) >= 11 is 0. The van der Waals surface area contributed by atoms with Crippen LogP contribution in [0.25, 0.3) is 5.69 Å². The Bertz CT molecular complexity index is 955. The molecular weight excluding hydrogens is 320 g/mol. The average molecular weight is 332 g/mol. The van der Waals surface area contributed by atoms with Gasteiger partial charge in [-0.25, -0.2) is 13.6 Å². The number of nitrogen functional groups attached to an aromatic ring is 1. The molecule has 118 valence electrons. The van der Waals surface area contributed by atoms with Gasteiger partial charge in [0.15, 0.2) is 0 Å². The van der Waals surface area contributed by atoms with Gasteiger partial charge in [0.2, 0.25) is 10.0 Å². The van der Waals surface area contributed by atoms with Crippen LogP contribution in [0, 0.1) is 0 Å². The molecular formula is C12H12N8O2S. The van der Waals surface area contributed by atoms with Crippen molar-refractivity contribution in [2.24, 2.45) is 10.2 Å². The Labute approximate surface area is 131 Å². The summed E-state index contributed by atoms with van der Waals surface area (Å²) in [6.45, 7) is 0. The fraction of sp³-hybridized carbons (Fsp3) is 0. The van der Waals surface area contributed by atoms with Gasteiger partial charge >= 0.3 is 0 Å². The molecule has 2 aromatic heterocycles. The second-order valence-electron chi connectivity index (χ2n) is 4.51. The zero-order chi connectivity index (χ0) is 16.4. The summed E-state index contributed by atoms with van der Waals surface area (Å²) in [5.74, 6) is 0.0665. The third kappa shape index (κ3) is 3.09. The van der Waals surface area contributed by atoms with Gasteiger partial charge in [0.25, 0.3) is 5.95 Å². The predicted molar refractivity (Wildman–Crippen MR) is 82.4 cm³/mol. The van der Waals surface area contributed by atoms with E-state index in [4.69, 9.17) is 10.9 Å². The highest BCUT2D eigenvalue weighted by atomic mass is 32.2. The molecule has 0 aliphatic rings. The fourth-order valence-corrected chi connectivity index (χ4v) is 2.43. The second-order valence-corrected chi connectivity index (χ2v) is 6.07. The maximum Gasteiger partial charge on any atom is 0.263 e. The van der Waals surface area contributed by atoms with Crippen LogP contribution in [0.2, 0.25) is 0 Å². The molecule has 0 fully saturated rings. The molecule has 3 rings (SSSR count). The van der Waals surface area contributed by atoms with Crippen LogP contribution in [0.3, 0.4) is 0 Å². The number of nitrogens with two attached hydrogens (primary N) is 2. The smallest absolute Gasteiger partial charge is 0.263 e. The topological polar surface area (TPSA) is 147 Å². The van der Waals surface area contributed by atoms with Crippen molar-refractivity contribution in [1.29, 1.82) is 0 Å². The first-order valence-electron chi connectivity index (χ1n) is 6.34. The summed E-state index contributed by atoms with van der Waals surface area (Å²) in [4.78, 5) is 1.13. The van der Waals surface area contributed by atoms with Gasteiger partial charge in [-0.15, -0.1) is 0 Å². The van der Waals surface area contributed by atoms with E-state index in [1.54, 1.807) is 22.9 Å². The average Bonchev–Trinajstić information content (AvgIpc) is 3.13. The molecule has 0 saturated heterocycles. The van der Waals surface area contributed by atoms with E-state index in [0.29, 0.717) is 0 Å². The van der Waals surface area contributed by atoms with Crippen molar-refractivity contribution in [2.45, 2.75) is 4.90 Å². The first kappa shape index (κ1) is 14.9. The van der Waals surface area contributed by atoms with Crippen LogP contribution >= 0.6 is 0 Å². The third-order valence-corrected chi connectivity index (χ3v) is 3.93. The number of hydrogen-bond acceptors (Lipinski definition) is 7. The lowest BCUT2D eigenvalue weighted by Gasteiger charge is -2.07. The van der Waals surface area contributed by atoms with Crippen LogP contribution in [0.5, 0.6) is 0 Å². The van der Waals surface area contributed by atoms with Gasteiger partial charge in [-0.05, 0) is 46.8 Å². The predicted octanol–water partition coefficient (Wildman–Crippen LogP) is -0.424. The largest absolute Gasteiger partial charge is 0.365 e. The van der Waals surface area contributed by atoms with E-state index in [-0.39, 0.29) is 10.8 Å². The number of benzene rings is 1. The molecule has 0 unspecified atom stereocenters. The van der Waals surface area contributed by atoms with Crippen LogP contribution in [-0.2, 0) is 10.0 Å². The van der Waals surface area contributed by atoms with E-state index >= 15 is 0 Å². The molecule has 2 heterocycles. The van der Waals surface area contributed by atoms with Crippen LogP contribution < -0.4 is 10.9 Å². The molecule has 0 amide bonds. The zero-order valence-corrected chi connectivity index (χ0v) is 12.5. The van der Waals surface area contributed by atoms with E-state index in [2.05, 4.69) is 20.6 Å². The maximum absolute atomic E-state index is 11.3. The van der Waals surface area contributed by atoms with E-state index in [1.807, 2.05) is 12.1 Å². The Morgan fingerprint density at radius 3 is 2.52 bits per heavy atom. The van der Waals surface area contributed by atoms with E-state index in [0.717, 1.165) is 16.2 Å². The Kier molecular flexibility index (Phi) is 3.64. The first-order chi connectivity index (χ1) is 10.9. The molecule has 0 spiro atoms. The lowest BCUT2D eigenvalue weighted by Crippen LogP contribution is -2.12. The lowest BCUT2D eigenvalue weighted by atomic mass is 10.3. The van der Waals surface area contributed by atoms with Gasteiger partial charge in [-0.1, -0.05) is 9.89 Å². The number of primary sulfonamides is 1. The molecule has 0 saturated carbocycles. The molecule has 0 aliphatic heterocycles. The summed E-state index contributed by atoms with van der Waals surface area (Å²) in [7, 11) is -3.72. The number of aromatic nitrogens is 5. The van der Waals surface area contributed by atoms with Gasteiger partial charge in [0.05, 0.1) is 16.8 Å². The number of tetrazole rings is 1. The van der Waals surface area contributed by atoms with Gasteiger partial charge in [0, 0.05) is 11.9 Å². The van der Waals surface area contributed by atoms with Crippen molar-refractivity contribution < 1.29 is 8.42 Å². The summed E-state index contributed by atoms with van der Waals surface area (Å²) < 4.78 is 24.4. The molecule has 4 N–H and O–H groups in total. The molecule has 0 atom stereocenters. The molecule has 0 aliphatic carbocycles. The van der Waals surface area contributed by atoms with E-state index < -0.39 is 10.0 Å². The number of anilines is 1. The number of sulfonamides is 1. The van der Waals surface area contributed by atoms with Crippen LogP contribution in [0.4, 0.5) is 5.95 Å². The van der Waals surface area contributed by atoms with Crippen molar-refractivity contribution in [3.05, 3.63) is 48.3 Å². The van der Waals surface area contributed by atoms with Gasteiger partial charge in [-0.3, -0.25) is 0 Å². The molecule has 23 heavy (non-hydrogen) atoms. The highest BCUT2D eigenvalue weighted by molar-refractivity contribution is 7.89. The summed E-state index contributed by atoms with van der Waals surface area (Å²) in [6, 6.07) is 9.79. The Morgan fingerprint density at radius 1 is 1.17 bits per heavy atom. The summed E-state index contributed by atoms with van der Waals surface area (Å²) in [5.41, 5.74) is 6.99. The summed E-state index contributed by atoms with van der Waals surface area (Å²) in [6.07, 6.45) is 3.33. The molecule has 10 nitrogen and oxygen atoms in total. The Hall–Kier alpha value is -3.05. The van der Waals surface area contributed by atoms with Gasteiger partial charge in [-0.2, -0.15) is 5.10 Å². The van der Waals surface area contributed by atoms with E-state index in [9.17, 15) is 8.42 Å². The zero-order valence-electron chi connectivity index (χ0n) is 11.7. The van der Waals surface area contributed by atoms with Crippen molar-refractivity contribution in [1.82, 2.24) is 24.9 Å². The number of nitrogens with zero attached hydrogens (tertiary/aromatic N) is 6. The molecule has 0 radical (unpaired) electrons. The van der Waals surface area contributed by atoms with Crippen LogP contribution in [0.15, 0.2) is 52.6 Å². The van der Waals surface area contributed by atoms with E-state index in [1.165, 1.54) is 18.3 Å². The third-order valence-electron chi connectivity index (χ3n) is 3.00. The highest BCUT2D eigenvalue weighted by Gasteiger charge is 2.08. The van der Waals surface area contributed by atoms with Crippen molar-refractivity contribution >= 4 is 22.2 Å². The van der Waals surface area contributed by atoms with Crippen LogP contribution in [0.1, 0.15) is 5.69 Å². The van der Waals surface area contributed by atoms with Gasteiger partial charge < -0.3 is 10.3 Å². The minimum Gasteiger partial charge on any atom is -0.365 e. The number of hydrogen-bond donors (Lipinski definition) is 2. The quantitative estimate of drug-likeness (QED) is 0.620. The maximum atomic E-state index is 11.3. The van der Waals surface area contributed by atoms with Crippen molar-refractivity contribution in [3.63, 3.8) is 0 Å². The monoisotopic (exact) mass is 332 g/mol. The SMILES string of the molecule is Nc1nnnn1N=Cc1cccn1-c1ccc(S(N)(=O)=O)cc1. The molecule has 0 bridgehead atoms. The fourth-order valence-electron chi connectivity index (χ4n) is 1.92. The lowest BCUT2D eigenvalue weighted by molar-refractivity contribution is 0.598. The molecule has 11 heteroatoms. The minimum absolute atomic E-state index is 0.0464.